The van der Waals surface area contributed by atoms with E-state index in [-0.39, 0.29) is 12.5 Å². The first-order valence-corrected chi connectivity index (χ1v) is 7.96. The molecule has 0 saturated carbocycles. The molecule has 0 aliphatic heterocycles. The number of hydrogen-bond donors (Lipinski definition) is 2. The van der Waals surface area contributed by atoms with Gasteiger partial charge in [-0.1, -0.05) is 38.1 Å². The number of amides is 1. The van der Waals surface area contributed by atoms with Crippen LogP contribution in [-0.2, 0) is 17.6 Å². The summed E-state index contributed by atoms with van der Waals surface area (Å²) >= 11 is 0. The number of rotatable bonds is 7. The molecule has 0 fully saturated rings. The average molecular weight is 312 g/mol. The molecule has 4 nitrogen and oxygen atoms in total. The van der Waals surface area contributed by atoms with Crippen LogP contribution in [0.1, 0.15) is 25.0 Å². The molecule has 0 aliphatic carbocycles. The van der Waals surface area contributed by atoms with Crippen LogP contribution in [0.4, 0.5) is 11.4 Å². The van der Waals surface area contributed by atoms with Gasteiger partial charge in [0.2, 0.25) is 5.91 Å². The number of hydrogen-bond acceptors (Lipinski definition) is 3. The predicted molar refractivity (Wildman–Crippen MR) is 95.3 cm³/mol. The minimum absolute atomic E-state index is 0.0776. The Labute approximate surface area is 137 Å². The fraction of sp³-hybridized carbons (Fsp3) is 0.316. The van der Waals surface area contributed by atoms with Gasteiger partial charge in [0.1, 0.15) is 5.75 Å². The molecule has 0 bridgehead atoms. The number of carbonyl (C=O) groups is 1. The molecule has 4 heteroatoms. The Kier molecular flexibility index (Phi) is 6.03. The number of aryl methyl sites for hydroxylation is 2. The van der Waals surface area contributed by atoms with Crippen molar-refractivity contribution in [3.63, 3.8) is 0 Å². The van der Waals surface area contributed by atoms with E-state index < -0.39 is 0 Å². The molecule has 2 aromatic rings. The third kappa shape index (κ3) is 4.49. The Hall–Kier alpha value is -2.49. The van der Waals surface area contributed by atoms with Crippen molar-refractivity contribution in [3.8, 4) is 5.75 Å². The SMILES string of the molecule is CCc1cccc(CC)c1NCC(=O)Nc1cccc(OC)c1. The predicted octanol–water partition coefficient (Wildman–Crippen LogP) is 3.87. The largest absolute Gasteiger partial charge is 0.497 e. The number of anilines is 2. The maximum Gasteiger partial charge on any atom is 0.243 e. The van der Waals surface area contributed by atoms with Crippen LogP contribution in [0.2, 0.25) is 0 Å². The van der Waals surface area contributed by atoms with E-state index in [4.69, 9.17) is 4.74 Å². The van der Waals surface area contributed by atoms with Crippen molar-refractivity contribution in [3.05, 3.63) is 53.6 Å². The first kappa shape index (κ1) is 16.9. The fourth-order valence-corrected chi connectivity index (χ4v) is 2.54. The molecular weight excluding hydrogens is 288 g/mol. The zero-order valence-corrected chi connectivity index (χ0v) is 14.0. The summed E-state index contributed by atoms with van der Waals surface area (Å²) in [5, 5.41) is 6.17. The molecule has 1 amide bonds. The van der Waals surface area contributed by atoms with Crippen LogP contribution >= 0.6 is 0 Å². The van der Waals surface area contributed by atoms with Crippen LogP contribution in [0.3, 0.4) is 0 Å². The summed E-state index contributed by atoms with van der Waals surface area (Å²) in [6, 6.07) is 13.6. The lowest BCUT2D eigenvalue weighted by Gasteiger charge is -2.15. The second-order valence-electron chi connectivity index (χ2n) is 5.29. The normalized spacial score (nSPS) is 10.2. The van der Waals surface area contributed by atoms with Gasteiger partial charge in [0.05, 0.1) is 13.7 Å². The second kappa shape index (κ2) is 8.22. The summed E-state index contributed by atoms with van der Waals surface area (Å²) < 4.78 is 5.16. The van der Waals surface area contributed by atoms with Crippen LogP contribution in [0.25, 0.3) is 0 Å². The highest BCUT2D eigenvalue weighted by Gasteiger charge is 2.08. The molecule has 0 heterocycles. The molecule has 2 rings (SSSR count). The molecule has 23 heavy (non-hydrogen) atoms. The quantitative estimate of drug-likeness (QED) is 0.816. The van der Waals surface area contributed by atoms with Gasteiger partial charge in [0.15, 0.2) is 0 Å². The molecule has 0 atom stereocenters. The van der Waals surface area contributed by atoms with Gasteiger partial charge in [-0.2, -0.15) is 0 Å². The second-order valence-corrected chi connectivity index (χ2v) is 5.29. The van der Waals surface area contributed by atoms with Crippen molar-refractivity contribution < 1.29 is 9.53 Å². The lowest BCUT2D eigenvalue weighted by atomic mass is 10.0. The molecule has 0 unspecified atom stereocenters. The number of methoxy groups -OCH3 is 1. The van der Waals surface area contributed by atoms with E-state index >= 15 is 0 Å². The van der Waals surface area contributed by atoms with Gasteiger partial charge in [-0.05, 0) is 36.1 Å². The van der Waals surface area contributed by atoms with Crippen LogP contribution in [0, 0.1) is 0 Å². The van der Waals surface area contributed by atoms with Gasteiger partial charge in [-0.15, -0.1) is 0 Å². The first-order valence-electron chi connectivity index (χ1n) is 7.96. The topological polar surface area (TPSA) is 50.4 Å². The first-order chi connectivity index (χ1) is 11.2. The number of nitrogens with one attached hydrogen (secondary N) is 2. The number of benzene rings is 2. The van der Waals surface area contributed by atoms with Crippen LogP contribution < -0.4 is 15.4 Å². The van der Waals surface area contributed by atoms with Gasteiger partial charge in [0, 0.05) is 17.4 Å². The molecule has 0 radical (unpaired) electrons. The molecular formula is C19H24N2O2. The van der Waals surface area contributed by atoms with Gasteiger partial charge in [0.25, 0.3) is 0 Å². The monoisotopic (exact) mass is 312 g/mol. The van der Waals surface area contributed by atoms with Crippen molar-refractivity contribution in [1.29, 1.82) is 0 Å². The highest BCUT2D eigenvalue weighted by atomic mass is 16.5. The minimum atomic E-state index is -0.0776. The zero-order chi connectivity index (χ0) is 16.7. The van der Waals surface area contributed by atoms with Crippen molar-refractivity contribution >= 4 is 17.3 Å². The number of ether oxygens (including phenoxy) is 1. The van der Waals surface area contributed by atoms with E-state index in [1.54, 1.807) is 13.2 Å². The Bertz CT molecular complexity index is 646. The minimum Gasteiger partial charge on any atom is -0.497 e. The highest BCUT2D eigenvalue weighted by molar-refractivity contribution is 5.94. The molecule has 0 aliphatic rings. The van der Waals surface area contributed by atoms with E-state index in [9.17, 15) is 4.79 Å². The molecule has 2 N–H and O–H groups in total. The maximum atomic E-state index is 12.2. The summed E-state index contributed by atoms with van der Waals surface area (Å²) in [7, 11) is 1.61. The summed E-state index contributed by atoms with van der Waals surface area (Å²) in [5.74, 6) is 0.645. The standard InChI is InChI=1S/C19H24N2O2/c1-4-14-8-6-9-15(5-2)19(14)20-13-18(22)21-16-10-7-11-17(12-16)23-3/h6-12,20H,4-5,13H2,1-3H3,(H,21,22). The third-order valence-corrected chi connectivity index (χ3v) is 3.78. The van der Waals surface area contributed by atoms with Gasteiger partial charge in [-0.25, -0.2) is 0 Å². The number of para-hydroxylation sites is 1. The van der Waals surface area contributed by atoms with Crippen molar-refractivity contribution in [1.82, 2.24) is 0 Å². The Morgan fingerprint density at radius 3 is 2.30 bits per heavy atom. The third-order valence-electron chi connectivity index (χ3n) is 3.78. The van der Waals surface area contributed by atoms with E-state index in [1.807, 2.05) is 18.2 Å². The Morgan fingerprint density at radius 1 is 1.04 bits per heavy atom. The van der Waals surface area contributed by atoms with Crippen LogP contribution in [0.5, 0.6) is 5.75 Å². The lowest BCUT2D eigenvalue weighted by molar-refractivity contribution is -0.114. The summed E-state index contributed by atoms with van der Waals surface area (Å²) in [4.78, 5) is 12.2. The molecule has 2 aromatic carbocycles. The molecule has 0 saturated heterocycles. The Balaban J connectivity index is 2.02. The summed E-state index contributed by atoms with van der Waals surface area (Å²) in [6.07, 6.45) is 1.88. The highest BCUT2D eigenvalue weighted by Crippen LogP contribution is 2.22. The summed E-state index contributed by atoms with van der Waals surface area (Å²) in [6.45, 7) is 4.48. The van der Waals surface area contributed by atoms with Crippen molar-refractivity contribution in [2.45, 2.75) is 26.7 Å². The van der Waals surface area contributed by atoms with Crippen LogP contribution in [-0.4, -0.2) is 19.6 Å². The zero-order valence-electron chi connectivity index (χ0n) is 14.0. The van der Waals surface area contributed by atoms with Crippen molar-refractivity contribution in [2.24, 2.45) is 0 Å². The van der Waals surface area contributed by atoms with E-state index in [0.29, 0.717) is 0 Å². The van der Waals surface area contributed by atoms with Crippen molar-refractivity contribution in [2.75, 3.05) is 24.3 Å². The van der Waals surface area contributed by atoms with Gasteiger partial charge < -0.3 is 15.4 Å². The van der Waals surface area contributed by atoms with E-state index in [0.717, 1.165) is 30.0 Å². The Morgan fingerprint density at radius 2 is 1.70 bits per heavy atom. The molecule has 0 aromatic heterocycles. The van der Waals surface area contributed by atoms with Gasteiger partial charge >= 0.3 is 0 Å². The summed E-state index contributed by atoms with van der Waals surface area (Å²) in [5.41, 5.74) is 4.28. The van der Waals surface area contributed by atoms with Crippen LogP contribution in [0.15, 0.2) is 42.5 Å². The average Bonchev–Trinajstić information content (AvgIpc) is 2.59. The van der Waals surface area contributed by atoms with E-state index in [2.05, 4.69) is 42.7 Å². The fourth-order valence-electron chi connectivity index (χ4n) is 2.54. The lowest BCUT2D eigenvalue weighted by Crippen LogP contribution is -2.22. The van der Waals surface area contributed by atoms with Gasteiger partial charge in [-0.3, -0.25) is 4.79 Å². The molecule has 0 spiro atoms. The molecule has 122 valence electrons. The smallest absolute Gasteiger partial charge is 0.243 e. The maximum absolute atomic E-state index is 12.2. The number of carbonyl (C=O) groups excluding carboxylic acids is 1. The van der Waals surface area contributed by atoms with E-state index in [1.165, 1.54) is 11.1 Å².